The van der Waals surface area contributed by atoms with Gasteiger partial charge in [0.2, 0.25) is 0 Å². The number of nitrogens with zero attached hydrogens (tertiary/aromatic N) is 3. The van der Waals surface area contributed by atoms with Gasteiger partial charge in [-0.25, -0.2) is 4.68 Å². The van der Waals surface area contributed by atoms with Gasteiger partial charge in [0.15, 0.2) is 0 Å². The van der Waals surface area contributed by atoms with E-state index in [4.69, 9.17) is 9.84 Å². The van der Waals surface area contributed by atoms with Crippen LogP contribution in [-0.2, 0) is 16.6 Å². The Hall–Kier alpha value is -1.65. The van der Waals surface area contributed by atoms with Gasteiger partial charge in [0.05, 0.1) is 24.6 Å². The molecule has 0 saturated carbocycles. The summed E-state index contributed by atoms with van der Waals surface area (Å²) >= 11 is 0. The molecule has 0 spiro atoms. The maximum atomic E-state index is 5.41. The molecule has 1 aliphatic heterocycles. The van der Waals surface area contributed by atoms with E-state index in [-0.39, 0.29) is 5.41 Å². The number of hydrogen-bond acceptors (Lipinski definition) is 3. The van der Waals surface area contributed by atoms with Gasteiger partial charge in [0, 0.05) is 31.2 Å². The molecule has 4 heteroatoms. The summed E-state index contributed by atoms with van der Waals surface area (Å²) < 4.78 is 7.39. The number of ether oxygens (including phenoxy) is 1. The second-order valence-corrected chi connectivity index (χ2v) is 7.27. The van der Waals surface area contributed by atoms with Crippen molar-refractivity contribution < 1.29 is 4.74 Å². The van der Waals surface area contributed by atoms with Crippen LogP contribution < -0.4 is 0 Å². The molecule has 0 N–H and O–H groups in total. The van der Waals surface area contributed by atoms with Gasteiger partial charge in [-0.2, -0.15) is 5.10 Å². The van der Waals surface area contributed by atoms with Crippen molar-refractivity contribution in [3.05, 3.63) is 47.8 Å². The Morgan fingerprint density at radius 2 is 1.91 bits per heavy atom. The van der Waals surface area contributed by atoms with E-state index < -0.39 is 0 Å². The predicted molar refractivity (Wildman–Crippen MR) is 93.2 cm³/mol. The van der Waals surface area contributed by atoms with Gasteiger partial charge < -0.3 is 4.74 Å². The molecule has 4 nitrogen and oxygen atoms in total. The number of rotatable bonds is 4. The van der Waals surface area contributed by atoms with Crippen LogP contribution in [0.3, 0.4) is 0 Å². The highest BCUT2D eigenvalue weighted by Gasteiger charge is 2.17. The molecule has 0 atom stereocenters. The quantitative estimate of drug-likeness (QED) is 0.869. The molecule has 124 valence electrons. The summed E-state index contributed by atoms with van der Waals surface area (Å²) in [7, 11) is 0. The Morgan fingerprint density at radius 1 is 1.13 bits per heavy atom. The SMILES string of the molecule is CC(C)(C)c1ccn(-c2cccc(CCN3CCOCC3)c2)n1. The first-order valence-electron chi connectivity index (χ1n) is 8.48. The Kier molecular flexibility index (Phi) is 4.83. The maximum absolute atomic E-state index is 5.41. The van der Waals surface area contributed by atoms with Crippen LogP contribution in [0, 0.1) is 0 Å². The predicted octanol–water partition coefficient (Wildman–Crippen LogP) is 3.04. The van der Waals surface area contributed by atoms with Crippen molar-refractivity contribution in [3.8, 4) is 5.69 Å². The van der Waals surface area contributed by atoms with Gasteiger partial charge >= 0.3 is 0 Å². The fourth-order valence-corrected chi connectivity index (χ4v) is 2.83. The zero-order valence-electron chi connectivity index (χ0n) is 14.5. The Bertz CT molecular complexity index is 636. The summed E-state index contributed by atoms with van der Waals surface area (Å²) in [4.78, 5) is 2.47. The number of benzene rings is 1. The third-order valence-electron chi connectivity index (χ3n) is 4.35. The van der Waals surface area contributed by atoms with Crippen molar-refractivity contribution in [2.75, 3.05) is 32.8 Å². The van der Waals surface area contributed by atoms with E-state index in [1.807, 2.05) is 4.68 Å². The van der Waals surface area contributed by atoms with Crippen molar-refractivity contribution in [3.63, 3.8) is 0 Å². The molecule has 0 unspecified atom stereocenters. The molecule has 1 aromatic carbocycles. The molecule has 1 aromatic heterocycles. The van der Waals surface area contributed by atoms with Gasteiger partial charge in [-0.3, -0.25) is 4.90 Å². The van der Waals surface area contributed by atoms with E-state index in [1.165, 1.54) is 5.56 Å². The van der Waals surface area contributed by atoms with Gasteiger partial charge in [0.25, 0.3) is 0 Å². The standard InChI is InChI=1S/C19H27N3O/c1-19(2,3)18-8-10-22(20-18)17-6-4-5-16(15-17)7-9-21-11-13-23-14-12-21/h4-6,8,10,15H,7,9,11-14H2,1-3H3. The average molecular weight is 313 g/mol. The van der Waals surface area contributed by atoms with E-state index in [1.54, 1.807) is 0 Å². The molecule has 2 aromatic rings. The number of hydrogen-bond donors (Lipinski definition) is 0. The van der Waals surface area contributed by atoms with Crippen LogP contribution in [-0.4, -0.2) is 47.5 Å². The Morgan fingerprint density at radius 3 is 2.61 bits per heavy atom. The van der Waals surface area contributed by atoms with E-state index in [2.05, 4.69) is 62.2 Å². The van der Waals surface area contributed by atoms with Gasteiger partial charge in [-0.15, -0.1) is 0 Å². The molecular weight excluding hydrogens is 286 g/mol. The number of aromatic nitrogens is 2. The molecule has 1 saturated heterocycles. The lowest BCUT2D eigenvalue weighted by molar-refractivity contribution is 0.0384. The van der Waals surface area contributed by atoms with Crippen LogP contribution in [0.1, 0.15) is 32.0 Å². The summed E-state index contributed by atoms with van der Waals surface area (Å²) in [5, 5.41) is 4.73. The topological polar surface area (TPSA) is 30.3 Å². The third kappa shape index (κ3) is 4.21. The summed E-state index contributed by atoms with van der Waals surface area (Å²) in [6, 6.07) is 10.8. The second kappa shape index (κ2) is 6.85. The minimum Gasteiger partial charge on any atom is -0.379 e. The lowest BCUT2D eigenvalue weighted by atomic mass is 9.93. The second-order valence-electron chi connectivity index (χ2n) is 7.27. The normalized spacial score (nSPS) is 16.7. The molecule has 2 heterocycles. The zero-order chi connectivity index (χ0) is 16.3. The summed E-state index contributed by atoms with van der Waals surface area (Å²) in [5.74, 6) is 0. The molecule has 0 aliphatic carbocycles. The average Bonchev–Trinajstić information content (AvgIpc) is 3.05. The van der Waals surface area contributed by atoms with Crippen molar-refractivity contribution in [1.82, 2.24) is 14.7 Å². The van der Waals surface area contributed by atoms with Crippen LogP contribution in [0.2, 0.25) is 0 Å². The largest absolute Gasteiger partial charge is 0.379 e. The minimum absolute atomic E-state index is 0.0825. The third-order valence-corrected chi connectivity index (χ3v) is 4.35. The maximum Gasteiger partial charge on any atom is 0.0682 e. The molecule has 1 aliphatic rings. The zero-order valence-corrected chi connectivity index (χ0v) is 14.5. The highest BCUT2D eigenvalue weighted by atomic mass is 16.5. The van der Waals surface area contributed by atoms with Crippen molar-refractivity contribution in [2.24, 2.45) is 0 Å². The molecule has 3 rings (SSSR count). The van der Waals surface area contributed by atoms with E-state index in [9.17, 15) is 0 Å². The molecule has 0 bridgehead atoms. The number of morpholine rings is 1. The van der Waals surface area contributed by atoms with E-state index >= 15 is 0 Å². The lowest BCUT2D eigenvalue weighted by Gasteiger charge is -2.26. The van der Waals surface area contributed by atoms with Crippen molar-refractivity contribution in [1.29, 1.82) is 0 Å². The minimum atomic E-state index is 0.0825. The summed E-state index contributed by atoms with van der Waals surface area (Å²) in [5.41, 5.74) is 3.71. The van der Waals surface area contributed by atoms with Gasteiger partial charge in [-0.1, -0.05) is 32.9 Å². The van der Waals surface area contributed by atoms with E-state index in [0.29, 0.717) is 0 Å². The first kappa shape index (κ1) is 16.2. The smallest absolute Gasteiger partial charge is 0.0682 e. The summed E-state index contributed by atoms with van der Waals surface area (Å²) in [6.45, 7) is 11.5. The van der Waals surface area contributed by atoms with Crippen LogP contribution >= 0.6 is 0 Å². The van der Waals surface area contributed by atoms with Crippen LogP contribution in [0.4, 0.5) is 0 Å². The van der Waals surface area contributed by atoms with Crippen LogP contribution in [0.15, 0.2) is 36.5 Å². The molecule has 23 heavy (non-hydrogen) atoms. The van der Waals surface area contributed by atoms with Crippen molar-refractivity contribution in [2.45, 2.75) is 32.6 Å². The van der Waals surface area contributed by atoms with E-state index in [0.717, 1.165) is 50.7 Å². The molecule has 0 radical (unpaired) electrons. The first-order chi connectivity index (χ1) is 11.0. The highest BCUT2D eigenvalue weighted by Crippen LogP contribution is 2.21. The van der Waals surface area contributed by atoms with Crippen molar-refractivity contribution >= 4 is 0 Å². The molecule has 1 fully saturated rings. The van der Waals surface area contributed by atoms with Crippen LogP contribution in [0.25, 0.3) is 5.69 Å². The first-order valence-corrected chi connectivity index (χ1v) is 8.48. The van der Waals surface area contributed by atoms with Crippen LogP contribution in [0.5, 0.6) is 0 Å². The highest BCUT2D eigenvalue weighted by molar-refractivity contribution is 5.36. The monoisotopic (exact) mass is 313 g/mol. The molecular formula is C19H27N3O. The fourth-order valence-electron chi connectivity index (χ4n) is 2.83. The Balaban J connectivity index is 1.68. The lowest BCUT2D eigenvalue weighted by Crippen LogP contribution is -2.37. The van der Waals surface area contributed by atoms with Gasteiger partial charge in [0.1, 0.15) is 0 Å². The summed E-state index contributed by atoms with van der Waals surface area (Å²) in [6.07, 6.45) is 3.13. The Labute approximate surface area is 139 Å². The van der Waals surface area contributed by atoms with Gasteiger partial charge in [-0.05, 0) is 30.2 Å². The fraction of sp³-hybridized carbons (Fsp3) is 0.526. The molecule has 0 amide bonds.